The molecule has 2 N–H and O–H groups in total. The van der Waals surface area contributed by atoms with E-state index < -0.39 is 0 Å². The lowest BCUT2D eigenvalue weighted by Crippen LogP contribution is -2.05. The van der Waals surface area contributed by atoms with E-state index in [4.69, 9.17) is 0 Å². The van der Waals surface area contributed by atoms with Gasteiger partial charge in [0.25, 0.3) is 0 Å². The highest BCUT2D eigenvalue weighted by Crippen LogP contribution is 2.31. The van der Waals surface area contributed by atoms with Gasteiger partial charge in [-0.15, -0.1) is 17.9 Å². The number of aryl methyl sites for hydroxylation is 1. The van der Waals surface area contributed by atoms with Crippen LogP contribution in [-0.4, -0.2) is 23.6 Å². The van der Waals surface area contributed by atoms with Gasteiger partial charge in [0.05, 0.1) is 10.2 Å². The minimum Gasteiger partial charge on any atom is -0.372 e. The van der Waals surface area contributed by atoms with Gasteiger partial charge >= 0.3 is 0 Å². The van der Waals surface area contributed by atoms with Crippen molar-refractivity contribution in [2.75, 3.05) is 24.2 Å². The molecule has 0 radical (unpaired) electrons. The van der Waals surface area contributed by atoms with E-state index in [1.165, 1.54) is 5.56 Å². The summed E-state index contributed by atoms with van der Waals surface area (Å²) in [5, 5.41) is 8.46. The molecule has 0 fully saturated rings. The second kappa shape index (κ2) is 5.82. The Morgan fingerprint density at radius 2 is 2.28 bits per heavy atom. The maximum absolute atomic E-state index is 4.60. The third-order valence-corrected chi connectivity index (χ3v) is 3.67. The monoisotopic (exact) mass is 262 g/mol. The van der Waals surface area contributed by atoms with Gasteiger partial charge in [0.2, 0.25) is 5.95 Å². The molecule has 0 aliphatic rings. The first kappa shape index (κ1) is 12.8. The molecule has 2 aromatic heterocycles. The van der Waals surface area contributed by atoms with Gasteiger partial charge in [0, 0.05) is 13.6 Å². The Hall–Kier alpha value is -1.62. The number of thiophene rings is 1. The van der Waals surface area contributed by atoms with Crippen molar-refractivity contribution in [1.29, 1.82) is 0 Å². The maximum Gasteiger partial charge on any atom is 0.225 e. The van der Waals surface area contributed by atoms with Crippen LogP contribution in [0, 0.1) is 0 Å². The van der Waals surface area contributed by atoms with Gasteiger partial charge in [-0.25, -0.2) is 4.98 Å². The molecule has 2 aromatic rings. The van der Waals surface area contributed by atoms with Crippen LogP contribution < -0.4 is 10.6 Å². The van der Waals surface area contributed by atoms with Crippen LogP contribution in [0.25, 0.3) is 10.2 Å². The van der Waals surface area contributed by atoms with Gasteiger partial charge in [-0.1, -0.05) is 19.4 Å². The van der Waals surface area contributed by atoms with Crippen molar-refractivity contribution < 1.29 is 0 Å². The molecule has 2 heterocycles. The summed E-state index contributed by atoms with van der Waals surface area (Å²) in [7, 11) is 1.89. The fraction of sp³-hybridized carbons (Fsp3) is 0.385. The summed E-state index contributed by atoms with van der Waals surface area (Å²) in [4.78, 5) is 9.06. The van der Waals surface area contributed by atoms with E-state index in [0.29, 0.717) is 12.5 Å². The quantitative estimate of drug-likeness (QED) is 0.784. The highest BCUT2D eigenvalue weighted by molar-refractivity contribution is 7.18. The van der Waals surface area contributed by atoms with Crippen LogP contribution in [0.5, 0.6) is 0 Å². The Morgan fingerprint density at radius 1 is 1.44 bits per heavy atom. The summed E-state index contributed by atoms with van der Waals surface area (Å²) in [6.07, 6.45) is 3.98. The molecule has 5 heteroatoms. The minimum absolute atomic E-state index is 0.655. The third-order valence-electron chi connectivity index (χ3n) is 2.65. The number of hydrogen-bond acceptors (Lipinski definition) is 5. The summed E-state index contributed by atoms with van der Waals surface area (Å²) in [5.74, 6) is 1.54. The van der Waals surface area contributed by atoms with E-state index in [0.717, 1.165) is 28.9 Å². The third kappa shape index (κ3) is 2.46. The molecular weight excluding hydrogens is 244 g/mol. The molecular formula is C13H18N4S. The zero-order valence-electron chi connectivity index (χ0n) is 10.8. The molecule has 0 aliphatic heterocycles. The van der Waals surface area contributed by atoms with Crippen molar-refractivity contribution in [1.82, 2.24) is 9.97 Å². The molecule has 0 amide bonds. The Kier molecular flexibility index (Phi) is 4.15. The van der Waals surface area contributed by atoms with E-state index in [-0.39, 0.29) is 0 Å². The first-order valence-corrected chi connectivity index (χ1v) is 6.98. The van der Waals surface area contributed by atoms with Gasteiger partial charge in [-0.2, -0.15) is 4.98 Å². The zero-order chi connectivity index (χ0) is 13.0. The van der Waals surface area contributed by atoms with Crippen LogP contribution in [0.3, 0.4) is 0 Å². The Labute approximate surface area is 111 Å². The van der Waals surface area contributed by atoms with Crippen molar-refractivity contribution in [3.05, 3.63) is 23.6 Å². The molecule has 0 spiro atoms. The van der Waals surface area contributed by atoms with E-state index in [9.17, 15) is 0 Å². The van der Waals surface area contributed by atoms with Crippen molar-refractivity contribution in [2.24, 2.45) is 0 Å². The van der Waals surface area contributed by atoms with Crippen molar-refractivity contribution in [3.8, 4) is 0 Å². The fourth-order valence-electron chi connectivity index (χ4n) is 1.82. The lowest BCUT2D eigenvalue weighted by atomic mass is 10.2. The van der Waals surface area contributed by atoms with Gasteiger partial charge in [0.15, 0.2) is 0 Å². The van der Waals surface area contributed by atoms with Crippen LogP contribution in [0.15, 0.2) is 18.0 Å². The van der Waals surface area contributed by atoms with E-state index in [1.807, 2.05) is 7.05 Å². The van der Waals surface area contributed by atoms with Gasteiger partial charge < -0.3 is 10.6 Å². The Balaban J connectivity index is 2.48. The first-order valence-electron chi connectivity index (χ1n) is 6.10. The predicted molar refractivity (Wildman–Crippen MR) is 79.6 cm³/mol. The highest BCUT2D eigenvalue weighted by atomic mass is 32.1. The van der Waals surface area contributed by atoms with Gasteiger partial charge in [-0.3, -0.25) is 0 Å². The lowest BCUT2D eigenvalue weighted by Gasteiger charge is -2.06. The number of hydrogen-bond donors (Lipinski definition) is 2. The standard InChI is InChI=1S/C13H18N4S/c1-4-6-9-8-18-11-10(9)16-13(15-7-5-2)17-12(11)14-3/h5,8H,2,4,6-7H2,1,3H3,(H2,14,15,16,17). The molecule has 0 aliphatic carbocycles. The van der Waals surface area contributed by atoms with Crippen LogP contribution in [0.2, 0.25) is 0 Å². The molecule has 0 atom stereocenters. The van der Waals surface area contributed by atoms with Crippen molar-refractivity contribution in [3.63, 3.8) is 0 Å². The van der Waals surface area contributed by atoms with Crippen molar-refractivity contribution in [2.45, 2.75) is 19.8 Å². The number of nitrogens with one attached hydrogen (secondary N) is 2. The second-order valence-corrected chi connectivity index (χ2v) is 4.88. The average molecular weight is 262 g/mol. The van der Waals surface area contributed by atoms with Crippen LogP contribution in [0.1, 0.15) is 18.9 Å². The molecule has 18 heavy (non-hydrogen) atoms. The molecule has 0 saturated heterocycles. The van der Waals surface area contributed by atoms with Gasteiger partial charge in [0.1, 0.15) is 5.82 Å². The highest BCUT2D eigenvalue weighted by Gasteiger charge is 2.11. The maximum atomic E-state index is 4.60. The number of nitrogens with zero attached hydrogens (tertiary/aromatic N) is 2. The van der Waals surface area contributed by atoms with Crippen LogP contribution in [0.4, 0.5) is 11.8 Å². The smallest absolute Gasteiger partial charge is 0.225 e. The number of fused-ring (bicyclic) bond motifs is 1. The van der Waals surface area contributed by atoms with E-state index >= 15 is 0 Å². The largest absolute Gasteiger partial charge is 0.372 e. The molecule has 0 bridgehead atoms. The normalized spacial score (nSPS) is 10.6. The average Bonchev–Trinajstić information content (AvgIpc) is 2.79. The first-order chi connectivity index (χ1) is 8.80. The minimum atomic E-state index is 0.655. The molecule has 0 unspecified atom stereocenters. The fourth-order valence-corrected chi connectivity index (χ4v) is 2.86. The molecule has 0 aromatic carbocycles. The number of rotatable bonds is 6. The van der Waals surface area contributed by atoms with Crippen LogP contribution in [-0.2, 0) is 6.42 Å². The van der Waals surface area contributed by atoms with Crippen LogP contribution >= 0.6 is 11.3 Å². The summed E-state index contributed by atoms with van der Waals surface area (Å²) < 4.78 is 1.13. The summed E-state index contributed by atoms with van der Waals surface area (Å²) >= 11 is 1.70. The SMILES string of the molecule is C=CCNc1nc(NC)c2scc(CCC)c2n1. The summed E-state index contributed by atoms with van der Waals surface area (Å²) in [6, 6.07) is 0. The second-order valence-electron chi connectivity index (χ2n) is 4.00. The lowest BCUT2D eigenvalue weighted by molar-refractivity contribution is 0.929. The topological polar surface area (TPSA) is 49.8 Å². The number of aromatic nitrogens is 2. The van der Waals surface area contributed by atoms with Crippen molar-refractivity contribution >= 4 is 33.3 Å². The molecule has 96 valence electrons. The summed E-state index contributed by atoms with van der Waals surface area (Å²) in [6.45, 7) is 6.54. The Morgan fingerprint density at radius 3 is 2.94 bits per heavy atom. The van der Waals surface area contributed by atoms with E-state index in [2.05, 4.69) is 39.5 Å². The molecule has 0 saturated carbocycles. The summed E-state index contributed by atoms with van der Waals surface area (Å²) in [5.41, 5.74) is 2.37. The number of anilines is 2. The molecule has 2 rings (SSSR count). The van der Waals surface area contributed by atoms with E-state index in [1.54, 1.807) is 17.4 Å². The Bertz CT molecular complexity index is 547. The van der Waals surface area contributed by atoms with Gasteiger partial charge in [-0.05, 0) is 17.4 Å². The predicted octanol–water partition coefficient (Wildman–Crippen LogP) is 3.28. The molecule has 4 nitrogen and oxygen atoms in total. The zero-order valence-corrected chi connectivity index (χ0v) is 11.6.